The van der Waals surface area contributed by atoms with E-state index in [0.717, 1.165) is 40.9 Å². The Bertz CT molecular complexity index is 1760. The van der Waals surface area contributed by atoms with Crippen LogP contribution in [-0.4, -0.2) is 34.7 Å². The van der Waals surface area contributed by atoms with Gasteiger partial charge in [0.1, 0.15) is 0 Å². The van der Waals surface area contributed by atoms with E-state index in [-0.39, 0.29) is 10.8 Å². The van der Waals surface area contributed by atoms with Crippen molar-refractivity contribution in [3.8, 4) is 22.5 Å². The third-order valence-corrected chi connectivity index (χ3v) is 7.56. The minimum Gasteiger partial charge on any atom is -0.363 e. The number of amides is 1. The van der Waals surface area contributed by atoms with Gasteiger partial charge in [0, 0.05) is 35.5 Å². The molecule has 5 aromatic rings. The van der Waals surface area contributed by atoms with Gasteiger partial charge < -0.3 is 10.6 Å². The number of primary sulfonamides is 1. The number of fused-ring (bicyclic) bond motifs is 1. The zero-order valence-electron chi connectivity index (χ0n) is 20.9. The van der Waals surface area contributed by atoms with Gasteiger partial charge in [-0.05, 0) is 42.7 Å². The Morgan fingerprint density at radius 3 is 2.33 bits per heavy atom. The summed E-state index contributed by atoms with van der Waals surface area (Å²) in [5.74, 6) is 0.528. The van der Waals surface area contributed by atoms with Crippen molar-refractivity contribution in [3.05, 3.63) is 102 Å². The second-order valence-electron chi connectivity index (χ2n) is 9.55. The maximum Gasteiger partial charge on any atom is 0.251 e. The fraction of sp³-hybridized carbons (Fsp3) is 0.138. The molecule has 9 nitrogen and oxygen atoms in total. The zero-order chi connectivity index (χ0) is 27.0. The smallest absolute Gasteiger partial charge is 0.251 e. The number of rotatable bonds is 8. The van der Waals surface area contributed by atoms with E-state index >= 15 is 0 Å². The molecule has 2 heterocycles. The zero-order valence-corrected chi connectivity index (χ0v) is 21.7. The largest absolute Gasteiger partial charge is 0.363 e. The van der Waals surface area contributed by atoms with Gasteiger partial charge in [-0.2, -0.15) is 0 Å². The van der Waals surface area contributed by atoms with Crippen molar-refractivity contribution < 1.29 is 13.2 Å². The van der Waals surface area contributed by atoms with E-state index in [1.54, 1.807) is 18.3 Å². The summed E-state index contributed by atoms with van der Waals surface area (Å²) in [5, 5.41) is 11.6. The molecule has 2 aromatic heterocycles. The predicted octanol–water partition coefficient (Wildman–Crippen LogP) is 4.22. The second-order valence-corrected chi connectivity index (χ2v) is 11.1. The molecule has 3 aromatic carbocycles. The van der Waals surface area contributed by atoms with Gasteiger partial charge in [0.05, 0.1) is 22.5 Å². The number of nitrogens with one attached hydrogen (secondary N) is 2. The maximum absolute atomic E-state index is 12.4. The first-order chi connectivity index (χ1) is 18.8. The SMILES string of the molecule is NS(=O)(=O)c1ccc(CNc2nc(-c3ccccc3)cn3c(-c4ccc(C(=O)NC5CC5)cc4)cnc23)cc1. The fourth-order valence-corrected chi connectivity index (χ4v) is 4.86. The summed E-state index contributed by atoms with van der Waals surface area (Å²) in [7, 11) is -3.75. The van der Waals surface area contributed by atoms with Crippen molar-refractivity contribution >= 4 is 27.4 Å². The molecule has 10 heteroatoms. The fourth-order valence-electron chi connectivity index (χ4n) is 4.34. The standard InChI is InChI=1S/C29H26N6O3S/c30-39(37,38)24-14-6-19(7-15-24)16-31-27-28-32-17-26(35(28)18-25(34-27)20-4-2-1-3-5-20)21-8-10-22(11-9-21)29(36)33-23-12-13-23/h1-11,14-15,17-18,23H,12-13,16H2,(H,31,34)(H,33,36)(H2,30,37,38). The van der Waals surface area contributed by atoms with E-state index in [4.69, 9.17) is 10.1 Å². The average molecular weight is 539 g/mol. The Kier molecular flexibility index (Phi) is 6.34. The van der Waals surface area contributed by atoms with Crippen molar-refractivity contribution in [2.45, 2.75) is 30.3 Å². The van der Waals surface area contributed by atoms with Crippen LogP contribution in [-0.2, 0) is 16.6 Å². The summed E-state index contributed by atoms with van der Waals surface area (Å²) in [4.78, 5) is 22.0. The Morgan fingerprint density at radius 2 is 1.67 bits per heavy atom. The van der Waals surface area contributed by atoms with E-state index in [9.17, 15) is 13.2 Å². The van der Waals surface area contributed by atoms with Gasteiger partial charge in [-0.25, -0.2) is 23.5 Å². The lowest BCUT2D eigenvalue weighted by Crippen LogP contribution is -2.25. The van der Waals surface area contributed by atoms with E-state index in [0.29, 0.717) is 29.6 Å². The van der Waals surface area contributed by atoms with Crippen molar-refractivity contribution in [1.82, 2.24) is 19.7 Å². The van der Waals surface area contributed by atoms with Crippen LogP contribution in [0.25, 0.3) is 28.2 Å². The average Bonchev–Trinajstić information content (AvgIpc) is 3.66. The number of benzene rings is 3. The number of nitrogens with zero attached hydrogens (tertiary/aromatic N) is 3. The number of hydrogen-bond donors (Lipinski definition) is 3. The molecule has 0 spiro atoms. The van der Waals surface area contributed by atoms with Crippen LogP contribution < -0.4 is 15.8 Å². The van der Waals surface area contributed by atoms with E-state index in [2.05, 4.69) is 15.6 Å². The van der Waals surface area contributed by atoms with E-state index in [1.165, 1.54) is 12.1 Å². The molecule has 1 amide bonds. The van der Waals surface area contributed by atoms with Gasteiger partial charge in [0.2, 0.25) is 10.0 Å². The van der Waals surface area contributed by atoms with Crippen molar-refractivity contribution in [2.75, 3.05) is 5.32 Å². The molecule has 1 fully saturated rings. The Balaban J connectivity index is 1.34. The number of anilines is 1. The van der Waals surface area contributed by atoms with E-state index < -0.39 is 10.0 Å². The van der Waals surface area contributed by atoms with Gasteiger partial charge in [-0.1, -0.05) is 54.6 Å². The summed E-state index contributed by atoms with van der Waals surface area (Å²) in [6.45, 7) is 0.402. The number of sulfonamides is 1. The molecule has 39 heavy (non-hydrogen) atoms. The minimum atomic E-state index is -3.75. The maximum atomic E-state index is 12.4. The summed E-state index contributed by atoms with van der Waals surface area (Å²) < 4.78 is 25.1. The monoisotopic (exact) mass is 538 g/mol. The first-order valence-electron chi connectivity index (χ1n) is 12.6. The quantitative estimate of drug-likeness (QED) is 0.271. The van der Waals surface area contributed by atoms with Crippen molar-refractivity contribution in [2.24, 2.45) is 5.14 Å². The van der Waals surface area contributed by atoms with Crippen LogP contribution in [0.5, 0.6) is 0 Å². The number of carbonyl (C=O) groups is 1. The van der Waals surface area contributed by atoms with Crippen LogP contribution in [0.3, 0.4) is 0 Å². The number of hydrogen-bond acceptors (Lipinski definition) is 6. The van der Waals surface area contributed by atoms with Crippen LogP contribution in [0.2, 0.25) is 0 Å². The molecule has 196 valence electrons. The van der Waals surface area contributed by atoms with Crippen molar-refractivity contribution in [3.63, 3.8) is 0 Å². The summed E-state index contributed by atoms with van der Waals surface area (Å²) in [6, 6.07) is 24.1. The van der Waals surface area contributed by atoms with Crippen LogP contribution in [0.4, 0.5) is 5.82 Å². The van der Waals surface area contributed by atoms with Gasteiger partial charge in [-0.3, -0.25) is 9.20 Å². The molecule has 4 N–H and O–H groups in total. The Labute approximate surface area is 225 Å². The molecule has 1 saturated carbocycles. The summed E-state index contributed by atoms with van der Waals surface area (Å²) in [6.07, 6.45) is 5.82. The third-order valence-electron chi connectivity index (χ3n) is 6.63. The van der Waals surface area contributed by atoms with Gasteiger partial charge in [-0.15, -0.1) is 0 Å². The Morgan fingerprint density at radius 1 is 0.949 bits per heavy atom. The normalized spacial score (nSPS) is 13.4. The molecule has 1 aliphatic rings. The highest BCUT2D eigenvalue weighted by Gasteiger charge is 2.24. The molecule has 0 bridgehead atoms. The van der Waals surface area contributed by atoms with Crippen LogP contribution in [0.15, 0.2) is 96.2 Å². The van der Waals surface area contributed by atoms with E-state index in [1.807, 2.05) is 65.2 Å². The number of carbonyl (C=O) groups excluding carboxylic acids is 1. The Hall–Kier alpha value is -4.54. The molecule has 1 aliphatic carbocycles. The molecular formula is C29H26N6O3S. The molecule has 0 unspecified atom stereocenters. The van der Waals surface area contributed by atoms with Gasteiger partial charge in [0.15, 0.2) is 11.5 Å². The number of nitrogens with two attached hydrogens (primary N) is 1. The number of imidazole rings is 1. The lowest BCUT2D eigenvalue weighted by molar-refractivity contribution is 0.0951. The van der Waals surface area contributed by atoms with Crippen LogP contribution >= 0.6 is 0 Å². The highest BCUT2D eigenvalue weighted by molar-refractivity contribution is 7.89. The topological polar surface area (TPSA) is 131 Å². The molecular weight excluding hydrogens is 512 g/mol. The molecule has 0 aliphatic heterocycles. The van der Waals surface area contributed by atoms with Crippen molar-refractivity contribution in [1.29, 1.82) is 0 Å². The van der Waals surface area contributed by atoms with Gasteiger partial charge >= 0.3 is 0 Å². The predicted molar refractivity (Wildman–Crippen MR) is 149 cm³/mol. The van der Waals surface area contributed by atoms with Crippen LogP contribution in [0, 0.1) is 0 Å². The lowest BCUT2D eigenvalue weighted by Gasteiger charge is -2.12. The molecule has 0 radical (unpaired) electrons. The summed E-state index contributed by atoms with van der Waals surface area (Å²) >= 11 is 0. The third kappa shape index (κ3) is 5.38. The van der Waals surface area contributed by atoms with Gasteiger partial charge in [0.25, 0.3) is 5.91 Å². The molecule has 6 rings (SSSR count). The first-order valence-corrected chi connectivity index (χ1v) is 14.1. The molecule has 0 saturated heterocycles. The first kappa shape index (κ1) is 24.8. The highest BCUT2D eigenvalue weighted by Crippen LogP contribution is 2.28. The number of aromatic nitrogens is 3. The molecule has 0 atom stereocenters. The lowest BCUT2D eigenvalue weighted by atomic mass is 10.1. The van der Waals surface area contributed by atoms with Crippen LogP contribution in [0.1, 0.15) is 28.8 Å². The highest BCUT2D eigenvalue weighted by atomic mass is 32.2. The minimum absolute atomic E-state index is 0.0543. The second kappa shape index (κ2) is 9.97. The summed E-state index contributed by atoms with van der Waals surface area (Å²) in [5.41, 5.74) is 5.61.